The summed E-state index contributed by atoms with van der Waals surface area (Å²) in [4.78, 5) is 26.2. The van der Waals surface area contributed by atoms with Gasteiger partial charge in [-0.05, 0) is 68.1 Å². The highest BCUT2D eigenvalue weighted by molar-refractivity contribution is 5.86. The van der Waals surface area contributed by atoms with E-state index in [2.05, 4.69) is 51.2 Å². The zero-order valence-corrected chi connectivity index (χ0v) is 17.0. The standard InChI is InChI=1S/C22H34N2O2/c1-15(2)12-21(23-18(5)25)22(26)24-10-8-19(9-11-24)14-20-7-6-16(3)17(4)13-20/h6-7,13,15,19,21H,8-12,14H2,1-5H3,(H,23,25)/t21-/m1/s1. The number of amides is 2. The Morgan fingerprint density at radius 1 is 1.15 bits per heavy atom. The van der Waals surface area contributed by atoms with Crippen LogP contribution >= 0.6 is 0 Å². The number of benzene rings is 1. The number of nitrogens with zero attached hydrogens (tertiary/aromatic N) is 1. The minimum absolute atomic E-state index is 0.0820. The Hall–Kier alpha value is -1.84. The Labute approximate surface area is 158 Å². The predicted molar refractivity (Wildman–Crippen MR) is 106 cm³/mol. The number of hydrogen-bond acceptors (Lipinski definition) is 2. The number of piperidine rings is 1. The van der Waals surface area contributed by atoms with Gasteiger partial charge in [0, 0.05) is 20.0 Å². The number of hydrogen-bond donors (Lipinski definition) is 1. The molecule has 0 aliphatic carbocycles. The van der Waals surface area contributed by atoms with Gasteiger partial charge in [0.2, 0.25) is 11.8 Å². The second kappa shape index (κ2) is 9.20. The predicted octanol–water partition coefficient (Wildman–Crippen LogP) is 3.64. The molecule has 0 saturated carbocycles. The van der Waals surface area contributed by atoms with E-state index in [9.17, 15) is 9.59 Å². The topological polar surface area (TPSA) is 49.4 Å². The highest BCUT2D eigenvalue weighted by Gasteiger charge is 2.29. The SMILES string of the molecule is CC(=O)N[C@H](CC(C)C)C(=O)N1CCC(Cc2ccc(C)c(C)c2)CC1. The lowest BCUT2D eigenvalue weighted by Crippen LogP contribution is -2.50. The van der Waals surface area contributed by atoms with E-state index in [4.69, 9.17) is 0 Å². The van der Waals surface area contributed by atoms with Crippen molar-refractivity contribution >= 4 is 11.8 Å². The molecule has 0 bridgehead atoms. The molecule has 1 saturated heterocycles. The Balaban J connectivity index is 1.90. The van der Waals surface area contributed by atoms with Crippen molar-refractivity contribution in [3.63, 3.8) is 0 Å². The van der Waals surface area contributed by atoms with Gasteiger partial charge in [0.1, 0.15) is 6.04 Å². The minimum Gasteiger partial charge on any atom is -0.345 e. The molecule has 1 aliphatic rings. The lowest BCUT2D eigenvalue weighted by molar-refractivity contribution is -0.137. The molecule has 1 aliphatic heterocycles. The van der Waals surface area contributed by atoms with Crippen LogP contribution in [0.15, 0.2) is 18.2 Å². The molecular weight excluding hydrogens is 324 g/mol. The molecule has 0 radical (unpaired) electrons. The van der Waals surface area contributed by atoms with Crippen LogP contribution in [-0.4, -0.2) is 35.8 Å². The number of carbonyl (C=O) groups excluding carboxylic acids is 2. The van der Waals surface area contributed by atoms with Crippen molar-refractivity contribution in [2.24, 2.45) is 11.8 Å². The van der Waals surface area contributed by atoms with Crippen LogP contribution in [-0.2, 0) is 16.0 Å². The summed E-state index contributed by atoms with van der Waals surface area (Å²) in [6.07, 6.45) is 3.85. The van der Waals surface area contributed by atoms with E-state index in [0.717, 1.165) is 32.4 Å². The molecule has 1 fully saturated rings. The van der Waals surface area contributed by atoms with Crippen molar-refractivity contribution in [1.29, 1.82) is 0 Å². The Morgan fingerprint density at radius 2 is 1.81 bits per heavy atom. The highest BCUT2D eigenvalue weighted by atomic mass is 16.2. The van der Waals surface area contributed by atoms with Crippen molar-refractivity contribution in [3.05, 3.63) is 34.9 Å². The van der Waals surface area contributed by atoms with Gasteiger partial charge in [0.25, 0.3) is 0 Å². The van der Waals surface area contributed by atoms with E-state index in [0.29, 0.717) is 18.3 Å². The van der Waals surface area contributed by atoms with Crippen LogP contribution in [0, 0.1) is 25.7 Å². The quantitative estimate of drug-likeness (QED) is 0.844. The average Bonchev–Trinajstić information content (AvgIpc) is 2.57. The molecule has 0 unspecified atom stereocenters. The van der Waals surface area contributed by atoms with Crippen molar-refractivity contribution in [2.75, 3.05) is 13.1 Å². The summed E-state index contributed by atoms with van der Waals surface area (Å²) >= 11 is 0. The van der Waals surface area contributed by atoms with Gasteiger partial charge in [-0.25, -0.2) is 0 Å². The third-order valence-electron chi connectivity index (χ3n) is 5.40. The zero-order chi connectivity index (χ0) is 19.3. The van der Waals surface area contributed by atoms with Gasteiger partial charge in [-0.15, -0.1) is 0 Å². The van der Waals surface area contributed by atoms with Crippen LogP contribution in [0.25, 0.3) is 0 Å². The normalized spacial score (nSPS) is 16.6. The minimum atomic E-state index is -0.385. The number of carbonyl (C=O) groups is 2. The smallest absolute Gasteiger partial charge is 0.245 e. The van der Waals surface area contributed by atoms with Crippen molar-refractivity contribution in [2.45, 2.75) is 66.3 Å². The molecule has 1 heterocycles. The number of nitrogens with one attached hydrogen (secondary N) is 1. The Morgan fingerprint density at radius 3 is 2.35 bits per heavy atom. The first-order valence-electron chi connectivity index (χ1n) is 9.88. The van der Waals surface area contributed by atoms with Crippen LogP contribution in [0.3, 0.4) is 0 Å². The van der Waals surface area contributed by atoms with Crippen LogP contribution in [0.4, 0.5) is 0 Å². The fraction of sp³-hybridized carbons (Fsp3) is 0.636. The summed E-state index contributed by atoms with van der Waals surface area (Å²) in [6, 6.07) is 6.34. The van der Waals surface area contributed by atoms with Gasteiger partial charge >= 0.3 is 0 Å². The lowest BCUT2D eigenvalue weighted by atomic mass is 9.89. The number of rotatable bonds is 6. The molecule has 144 valence electrons. The maximum absolute atomic E-state index is 12.8. The summed E-state index contributed by atoms with van der Waals surface area (Å²) < 4.78 is 0. The van der Waals surface area contributed by atoms with E-state index in [1.54, 1.807) is 0 Å². The molecule has 2 amide bonds. The monoisotopic (exact) mass is 358 g/mol. The molecular formula is C22H34N2O2. The first-order chi connectivity index (χ1) is 12.3. The zero-order valence-electron chi connectivity index (χ0n) is 17.0. The maximum Gasteiger partial charge on any atom is 0.245 e. The molecule has 4 nitrogen and oxygen atoms in total. The molecule has 1 aromatic carbocycles. The molecule has 4 heteroatoms. The Kier molecular flexibility index (Phi) is 7.24. The van der Waals surface area contributed by atoms with Gasteiger partial charge in [0.15, 0.2) is 0 Å². The van der Waals surface area contributed by atoms with Crippen LogP contribution < -0.4 is 5.32 Å². The third kappa shape index (κ3) is 5.86. The summed E-state index contributed by atoms with van der Waals surface area (Å²) in [5.41, 5.74) is 4.08. The van der Waals surface area contributed by atoms with Gasteiger partial charge in [-0.2, -0.15) is 0 Å². The summed E-state index contributed by atoms with van der Waals surface area (Å²) in [6.45, 7) is 11.5. The van der Waals surface area contributed by atoms with Crippen molar-refractivity contribution < 1.29 is 9.59 Å². The molecule has 1 atom stereocenters. The largest absolute Gasteiger partial charge is 0.345 e. The van der Waals surface area contributed by atoms with Crippen LogP contribution in [0.1, 0.15) is 56.7 Å². The molecule has 1 N–H and O–H groups in total. The molecule has 2 rings (SSSR count). The van der Waals surface area contributed by atoms with E-state index in [1.807, 2.05) is 4.90 Å². The molecule has 0 spiro atoms. The number of likely N-dealkylation sites (tertiary alicyclic amines) is 1. The van der Waals surface area contributed by atoms with E-state index < -0.39 is 0 Å². The Bertz CT molecular complexity index is 631. The number of aryl methyl sites for hydroxylation is 2. The van der Waals surface area contributed by atoms with Gasteiger partial charge in [-0.3, -0.25) is 9.59 Å². The van der Waals surface area contributed by atoms with Gasteiger partial charge in [0.05, 0.1) is 0 Å². The molecule has 26 heavy (non-hydrogen) atoms. The summed E-state index contributed by atoms with van der Waals surface area (Å²) in [5, 5.41) is 2.84. The average molecular weight is 359 g/mol. The fourth-order valence-electron chi connectivity index (χ4n) is 3.78. The fourth-order valence-corrected chi connectivity index (χ4v) is 3.78. The third-order valence-corrected chi connectivity index (χ3v) is 5.40. The highest BCUT2D eigenvalue weighted by Crippen LogP contribution is 2.24. The summed E-state index contributed by atoms with van der Waals surface area (Å²) in [7, 11) is 0. The van der Waals surface area contributed by atoms with E-state index in [1.165, 1.54) is 23.6 Å². The maximum atomic E-state index is 12.8. The molecule has 0 aromatic heterocycles. The van der Waals surface area contributed by atoms with Crippen molar-refractivity contribution in [3.8, 4) is 0 Å². The first kappa shape index (κ1) is 20.5. The summed E-state index contributed by atoms with van der Waals surface area (Å²) in [5.74, 6) is 0.954. The first-order valence-corrected chi connectivity index (χ1v) is 9.88. The second-order valence-corrected chi connectivity index (χ2v) is 8.27. The van der Waals surface area contributed by atoms with Crippen molar-refractivity contribution in [1.82, 2.24) is 10.2 Å². The molecule has 1 aromatic rings. The van der Waals surface area contributed by atoms with Crippen LogP contribution in [0.5, 0.6) is 0 Å². The van der Waals surface area contributed by atoms with E-state index >= 15 is 0 Å². The van der Waals surface area contributed by atoms with Crippen LogP contribution in [0.2, 0.25) is 0 Å². The van der Waals surface area contributed by atoms with Gasteiger partial charge in [-0.1, -0.05) is 32.0 Å². The van der Waals surface area contributed by atoms with Gasteiger partial charge < -0.3 is 10.2 Å². The lowest BCUT2D eigenvalue weighted by Gasteiger charge is -2.35. The second-order valence-electron chi connectivity index (χ2n) is 8.27. The van der Waals surface area contributed by atoms with E-state index in [-0.39, 0.29) is 17.9 Å².